The monoisotopic (exact) mass is 401 g/mol. The zero-order valence-corrected chi connectivity index (χ0v) is 15.1. The average Bonchev–Trinajstić information content (AvgIpc) is 2.62. The first kappa shape index (κ1) is 18.9. The lowest BCUT2D eigenvalue weighted by molar-refractivity contribution is -0.137. The van der Waals surface area contributed by atoms with Crippen LogP contribution in [0.25, 0.3) is 5.57 Å². The highest BCUT2D eigenvalue weighted by Gasteiger charge is 2.35. The molecule has 0 fully saturated rings. The van der Waals surface area contributed by atoms with Gasteiger partial charge in [-0.2, -0.15) is 17.5 Å². The number of halogens is 4. The van der Waals surface area contributed by atoms with Crippen molar-refractivity contribution in [1.29, 1.82) is 0 Å². The minimum Gasteiger partial charge on any atom is -0.207 e. The third-order valence-electron chi connectivity index (χ3n) is 4.20. The van der Waals surface area contributed by atoms with E-state index in [1.165, 1.54) is 4.31 Å². The first-order valence-electron chi connectivity index (χ1n) is 7.81. The van der Waals surface area contributed by atoms with Crippen molar-refractivity contribution in [2.75, 3.05) is 13.1 Å². The Bertz CT molecular complexity index is 941. The van der Waals surface area contributed by atoms with Crippen LogP contribution in [0.15, 0.2) is 59.5 Å². The van der Waals surface area contributed by atoms with Gasteiger partial charge in [0.1, 0.15) is 0 Å². The lowest BCUT2D eigenvalue weighted by Gasteiger charge is -2.26. The Morgan fingerprint density at radius 2 is 1.73 bits per heavy atom. The Kier molecular flexibility index (Phi) is 5.14. The predicted octanol–water partition coefficient (Wildman–Crippen LogP) is 4.84. The topological polar surface area (TPSA) is 37.4 Å². The van der Waals surface area contributed by atoms with E-state index >= 15 is 0 Å². The summed E-state index contributed by atoms with van der Waals surface area (Å²) in [5, 5.41) is -0.527. The first-order valence-corrected chi connectivity index (χ1v) is 9.63. The number of alkyl halides is 3. The number of rotatable bonds is 3. The molecule has 3 nitrogen and oxygen atoms in total. The molecule has 0 atom stereocenters. The van der Waals surface area contributed by atoms with Gasteiger partial charge in [0.25, 0.3) is 0 Å². The van der Waals surface area contributed by atoms with Crippen molar-refractivity contribution in [2.45, 2.75) is 17.5 Å². The number of benzene rings is 2. The smallest absolute Gasteiger partial charge is 0.207 e. The van der Waals surface area contributed by atoms with Crippen molar-refractivity contribution in [1.82, 2.24) is 4.31 Å². The molecule has 0 saturated carbocycles. The lowest BCUT2D eigenvalue weighted by Crippen LogP contribution is -2.34. The number of hydrogen-bond acceptors (Lipinski definition) is 2. The molecule has 0 aromatic heterocycles. The Morgan fingerprint density at radius 3 is 2.31 bits per heavy atom. The minimum absolute atomic E-state index is 0.108. The maximum atomic E-state index is 13.0. The van der Waals surface area contributed by atoms with E-state index in [0.717, 1.165) is 23.3 Å². The van der Waals surface area contributed by atoms with Crippen LogP contribution in [0.1, 0.15) is 17.5 Å². The fourth-order valence-corrected chi connectivity index (χ4v) is 4.45. The molecule has 0 N–H and O–H groups in total. The van der Waals surface area contributed by atoms with Crippen LogP contribution >= 0.6 is 11.6 Å². The third-order valence-corrected chi connectivity index (χ3v) is 6.39. The maximum absolute atomic E-state index is 13.0. The van der Waals surface area contributed by atoms with E-state index in [0.29, 0.717) is 12.5 Å². The molecule has 0 radical (unpaired) electrons. The van der Waals surface area contributed by atoms with Crippen LogP contribution in [0.5, 0.6) is 0 Å². The summed E-state index contributed by atoms with van der Waals surface area (Å²) in [5.74, 6) is 0. The Balaban J connectivity index is 1.87. The summed E-state index contributed by atoms with van der Waals surface area (Å²) in [6, 6.07) is 12.2. The van der Waals surface area contributed by atoms with Crippen LogP contribution < -0.4 is 0 Å². The molecule has 2 aromatic carbocycles. The van der Waals surface area contributed by atoms with E-state index in [1.807, 2.05) is 30.3 Å². The van der Waals surface area contributed by atoms with Gasteiger partial charge in [0.05, 0.1) is 15.5 Å². The van der Waals surface area contributed by atoms with Gasteiger partial charge in [-0.3, -0.25) is 0 Å². The van der Waals surface area contributed by atoms with E-state index in [2.05, 4.69) is 0 Å². The van der Waals surface area contributed by atoms with Crippen LogP contribution in [-0.2, 0) is 16.2 Å². The zero-order chi connectivity index (χ0) is 18.9. The molecule has 0 unspecified atom stereocenters. The number of sulfonamides is 1. The van der Waals surface area contributed by atoms with Crippen LogP contribution in [0.3, 0.4) is 0 Å². The van der Waals surface area contributed by atoms with Crippen molar-refractivity contribution in [3.63, 3.8) is 0 Å². The quantitative estimate of drug-likeness (QED) is 0.738. The summed E-state index contributed by atoms with van der Waals surface area (Å²) < 4.78 is 65.6. The molecule has 8 heteroatoms. The summed E-state index contributed by atoms with van der Waals surface area (Å²) in [6.07, 6.45) is -2.44. The molecule has 0 aliphatic carbocycles. The maximum Gasteiger partial charge on any atom is 0.417 e. The second kappa shape index (κ2) is 7.06. The summed E-state index contributed by atoms with van der Waals surface area (Å²) in [5.41, 5.74) is 0.873. The molecule has 0 saturated heterocycles. The molecule has 138 valence electrons. The van der Waals surface area contributed by atoms with E-state index < -0.39 is 31.7 Å². The van der Waals surface area contributed by atoms with Crippen molar-refractivity contribution in [3.8, 4) is 0 Å². The van der Waals surface area contributed by atoms with Crippen molar-refractivity contribution >= 4 is 27.2 Å². The van der Waals surface area contributed by atoms with Gasteiger partial charge in [-0.05, 0) is 35.8 Å². The Hall–Kier alpha value is -1.83. The largest absolute Gasteiger partial charge is 0.417 e. The molecule has 2 aromatic rings. The standard InChI is InChI=1S/C18H15ClF3NO2S/c19-17-7-6-15(12-16(17)18(20,21)22)26(24,25)23-10-8-14(9-11-23)13-4-2-1-3-5-13/h1-8,12H,9-11H2. The van der Waals surface area contributed by atoms with Gasteiger partial charge < -0.3 is 0 Å². The highest BCUT2D eigenvalue weighted by Crippen LogP contribution is 2.36. The van der Waals surface area contributed by atoms with Crippen molar-refractivity contribution < 1.29 is 21.6 Å². The lowest BCUT2D eigenvalue weighted by atomic mass is 10.0. The zero-order valence-electron chi connectivity index (χ0n) is 13.5. The molecule has 1 aliphatic rings. The molecule has 0 amide bonds. The van der Waals surface area contributed by atoms with Gasteiger partial charge in [-0.15, -0.1) is 0 Å². The Labute approximate surface area is 154 Å². The van der Waals surface area contributed by atoms with Crippen LogP contribution in [0.4, 0.5) is 13.2 Å². The molecular formula is C18H15ClF3NO2S. The summed E-state index contributed by atoms with van der Waals surface area (Å²) in [4.78, 5) is -0.411. The van der Waals surface area contributed by atoms with Crippen LogP contribution in [0, 0.1) is 0 Å². The average molecular weight is 402 g/mol. The van der Waals surface area contributed by atoms with Gasteiger partial charge in [-0.25, -0.2) is 8.42 Å². The second-order valence-corrected chi connectivity index (χ2v) is 8.19. The van der Waals surface area contributed by atoms with E-state index in [1.54, 1.807) is 6.08 Å². The Morgan fingerprint density at radius 1 is 1.04 bits per heavy atom. The van der Waals surface area contributed by atoms with Gasteiger partial charge in [0, 0.05) is 13.1 Å². The first-order chi connectivity index (χ1) is 12.2. The molecule has 0 spiro atoms. The van der Waals surface area contributed by atoms with E-state index in [4.69, 9.17) is 11.6 Å². The third kappa shape index (κ3) is 3.79. The molecule has 26 heavy (non-hydrogen) atoms. The summed E-state index contributed by atoms with van der Waals surface area (Å²) >= 11 is 5.57. The van der Waals surface area contributed by atoms with Crippen molar-refractivity contribution in [2.24, 2.45) is 0 Å². The molecule has 1 aliphatic heterocycles. The van der Waals surface area contributed by atoms with E-state index in [-0.39, 0.29) is 13.1 Å². The van der Waals surface area contributed by atoms with E-state index in [9.17, 15) is 21.6 Å². The fourth-order valence-electron chi connectivity index (χ4n) is 2.81. The van der Waals surface area contributed by atoms with Gasteiger partial charge in [0.15, 0.2) is 0 Å². The number of nitrogens with zero attached hydrogens (tertiary/aromatic N) is 1. The normalized spacial score (nSPS) is 16.4. The summed E-state index contributed by atoms with van der Waals surface area (Å²) in [7, 11) is -4.04. The summed E-state index contributed by atoms with van der Waals surface area (Å²) in [6.45, 7) is 0.309. The van der Waals surface area contributed by atoms with Crippen LogP contribution in [0.2, 0.25) is 5.02 Å². The molecule has 0 bridgehead atoms. The predicted molar refractivity (Wildman–Crippen MR) is 94.2 cm³/mol. The minimum atomic E-state index is -4.72. The second-order valence-electron chi connectivity index (χ2n) is 5.85. The van der Waals surface area contributed by atoms with Gasteiger partial charge in [0.2, 0.25) is 10.0 Å². The van der Waals surface area contributed by atoms with Gasteiger partial charge in [-0.1, -0.05) is 48.0 Å². The molecular weight excluding hydrogens is 387 g/mol. The number of hydrogen-bond donors (Lipinski definition) is 0. The highest BCUT2D eigenvalue weighted by molar-refractivity contribution is 7.89. The van der Waals surface area contributed by atoms with Crippen LogP contribution in [-0.4, -0.2) is 25.8 Å². The molecule has 1 heterocycles. The molecule has 3 rings (SSSR count). The SMILES string of the molecule is O=S(=O)(c1ccc(Cl)c(C(F)(F)F)c1)N1CC=C(c2ccccc2)CC1. The fraction of sp³-hybridized carbons (Fsp3) is 0.222. The van der Waals surface area contributed by atoms with Crippen molar-refractivity contribution in [3.05, 3.63) is 70.8 Å². The highest BCUT2D eigenvalue weighted by atomic mass is 35.5. The van der Waals surface area contributed by atoms with Gasteiger partial charge >= 0.3 is 6.18 Å².